The molecule has 1 fully saturated rings. The molecule has 1 amide bonds. The molecule has 0 aliphatic carbocycles. The van der Waals surface area contributed by atoms with Gasteiger partial charge in [-0.15, -0.1) is 0 Å². The highest BCUT2D eigenvalue weighted by Crippen LogP contribution is 2.30. The number of hydrogen-bond acceptors (Lipinski definition) is 2. The third-order valence-electron chi connectivity index (χ3n) is 3.68. The first kappa shape index (κ1) is 14.4. The monoisotopic (exact) mass is 270 g/mol. The van der Waals surface area contributed by atoms with E-state index in [-0.39, 0.29) is 11.9 Å². The zero-order valence-electron chi connectivity index (χ0n) is 12.3. The van der Waals surface area contributed by atoms with Crippen molar-refractivity contribution in [2.24, 2.45) is 0 Å². The molecule has 1 saturated heterocycles. The number of nitrogens with one attached hydrogen (secondary N) is 1. The fourth-order valence-electron chi connectivity index (χ4n) is 2.73. The number of amides is 1. The summed E-state index contributed by atoms with van der Waals surface area (Å²) in [5.41, 5.74) is 3.81. The van der Waals surface area contributed by atoms with Crippen molar-refractivity contribution in [3.05, 3.63) is 59.9 Å². The van der Waals surface area contributed by atoms with Gasteiger partial charge in [0.1, 0.15) is 0 Å². The van der Waals surface area contributed by atoms with Gasteiger partial charge in [0.2, 0.25) is 0 Å². The summed E-state index contributed by atoms with van der Waals surface area (Å²) in [6.45, 7) is 12.6. The predicted molar refractivity (Wildman–Crippen MR) is 82.1 cm³/mol. The number of rotatable bonds is 1. The van der Waals surface area contributed by atoms with Crippen LogP contribution in [-0.4, -0.2) is 16.8 Å². The molecule has 1 unspecified atom stereocenters. The predicted octanol–water partition coefficient (Wildman–Crippen LogP) is 3.45. The minimum absolute atomic E-state index is 0.0791. The van der Waals surface area contributed by atoms with Gasteiger partial charge in [0.15, 0.2) is 0 Å². The van der Waals surface area contributed by atoms with Crippen LogP contribution in [0.2, 0.25) is 0 Å². The second-order valence-corrected chi connectivity index (χ2v) is 4.90. The quantitative estimate of drug-likeness (QED) is 0.847. The lowest BCUT2D eigenvalue weighted by atomic mass is 10.0. The smallest absolute Gasteiger partial charge is 0.255 e. The van der Waals surface area contributed by atoms with E-state index in [4.69, 9.17) is 0 Å². The number of allylic oxidation sites excluding steroid dienone is 1. The van der Waals surface area contributed by atoms with Gasteiger partial charge in [-0.2, -0.15) is 0 Å². The summed E-state index contributed by atoms with van der Waals surface area (Å²) in [6.07, 6.45) is 1.80. The fourth-order valence-corrected chi connectivity index (χ4v) is 2.73. The van der Waals surface area contributed by atoms with Gasteiger partial charge in [-0.25, -0.2) is 0 Å². The Balaban J connectivity index is 0.000000704. The summed E-state index contributed by atoms with van der Waals surface area (Å²) in [5, 5.41) is 3.17. The molecule has 1 aromatic rings. The molecule has 0 radical (unpaired) electrons. The molecule has 106 valence electrons. The molecule has 20 heavy (non-hydrogen) atoms. The standard InChI is InChI=1S/C15H16N2O.C2H6/c1-10-7-8-14(11(2)16-10)17-9-12-5-3-4-6-13(12)15(17)18;1-2/h3-6,14,16H,1-2,7-9H2;1-2H3. The Morgan fingerprint density at radius 1 is 1.25 bits per heavy atom. The van der Waals surface area contributed by atoms with Crippen LogP contribution in [0.1, 0.15) is 42.6 Å². The van der Waals surface area contributed by atoms with Crippen molar-refractivity contribution in [2.45, 2.75) is 39.3 Å². The molecule has 2 aliphatic heterocycles. The SMILES string of the molecule is C=C1CCC(N2Cc3ccccc3C2=O)C(=C)N1.CC. The van der Waals surface area contributed by atoms with E-state index in [1.807, 2.05) is 43.0 Å². The molecule has 2 aliphatic rings. The van der Waals surface area contributed by atoms with Crippen molar-refractivity contribution in [1.29, 1.82) is 0 Å². The highest BCUT2D eigenvalue weighted by atomic mass is 16.2. The fraction of sp³-hybridized carbons (Fsp3) is 0.353. The van der Waals surface area contributed by atoms with Gasteiger partial charge in [-0.3, -0.25) is 4.79 Å². The Labute approximate surface area is 121 Å². The average Bonchev–Trinajstić information content (AvgIpc) is 2.79. The number of hydrogen-bond donors (Lipinski definition) is 1. The lowest BCUT2D eigenvalue weighted by Gasteiger charge is -2.34. The second-order valence-electron chi connectivity index (χ2n) is 4.90. The van der Waals surface area contributed by atoms with E-state index in [1.165, 1.54) is 0 Å². The van der Waals surface area contributed by atoms with E-state index in [2.05, 4.69) is 18.5 Å². The summed E-state index contributed by atoms with van der Waals surface area (Å²) >= 11 is 0. The number of carbonyl (C=O) groups is 1. The molecule has 3 heteroatoms. The summed E-state index contributed by atoms with van der Waals surface area (Å²) < 4.78 is 0. The van der Waals surface area contributed by atoms with Crippen molar-refractivity contribution in [1.82, 2.24) is 10.2 Å². The third-order valence-corrected chi connectivity index (χ3v) is 3.68. The van der Waals surface area contributed by atoms with Crippen LogP contribution in [0.15, 0.2) is 48.8 Å². The minimum Gasteiger partial charge on any atom is -0.362 e. The third kappa shape index (κ3) is 2.48. The van der Waals surface area contributed by atoms with Gasteiger partial charge in [-0.1, -0.05) is 45.2 Å². The maximum absolute atomic E-state index is 12.4. The number of fused-ring (bicyclic) bond motifs is 1. The van der Waals surface area contributed by atoms with E-state index >= 15 is 0 Å². The number of piperidine rings is 1. The maximum Gasteiger partial charge on any atom is 0.255 e. The lowest BCUT2D eigenvalue weighted by Crippen LogP contribution is -2.43. The van der Waals surface area contributed by atoms with Gasteiger partial charge in [0.05, 0.1) is 6.04 Å². The largest absolute Gasteiger partial charge is 0.362 e. The van der Waals surface area contributed by atoms with Crippen molar-refractivity contribution >= 4 is 5.91 Å². The first-order valence-corrected chi connectivity index (χ1v) is 7.19. The first-order chi connectivity index (χ1) is 9.66. The van der Waals surface area contributed by atoms with Gasteiger partial charge < -0.3 is 10.2 Å². The highest BCUT2D eigenvalue weighted by molar-refractivity contribution is 5.98. The molecule has 0 aromatic heterocycles. The zero-order valence-corrected chi connectivity index (χ0v) is 12.3. The molecule has 1 N–H and O–H groups in total. The molecule has 0 bridgehead atoms. The topological polar surface area (TPSA) is 32.3 Å². The summed E-state index contributed by atoms with van der Waals surface area (Å²) in [4.78, 5) is 14.3. The molecule has 1 atom stereocenters. The highest BCUT2D eigenvalue weighted by Gasteiger charge is 2.35. The Bertz CT molecular complexity index is 548. The van der Waals surface area contributed by atoms with Crippen molar-refractivity contribution < 1.29 is 4.79 Å². The van der Waals surface area contributed by atoms with E-state index in [1.54, 1.807) is 0 Å². The number of nitrogens with zero attached hydrogens (tertiary/aromatic N) is 1. The van der Waals surface area contributed by atoms with E-state index in [9.17, 15) is 4.79 Å². The van der Waals surface area contributed by atoms with Crippen LogP contribution in [-0.2, 0) is 6.54 Å². The molecule has 2 heterocycles. The summed E-state index contributed by atoms with van der Waals surface area (Å²) in [6, 6.07) is 7.89. The van der Waals surface area contributed by atoms with Crippen LogP contribution in [0, 0.1) is 0 Å². The van der Waals surface area contributed by atoms with Gasteiger partial charge in [-0.05, 0) is 24.5 Å². The Morgan fingerprint density at radius 3 is 2.60 bits per heavy atom. The molecular formula is C17H22N2O. The van der Waals surface area contributed by atoms with Crippen LogP contribution in [0.25, 0.3) is 0 Å². The van der Waals surface area contributed by atoms with Crippen molar-refractivity contribution in [2.75, 3.05) is 0 Å². The zero-order chi connectivity index (χ0) is 14.7. The Morgan fingerprint density at radius 2 is 1.95 bits per heavy atom. The number of benzene rings is 1. The molecule has 0 spiro atoms. The van der Waals surface area contributed by atoms with Crippen molar-refractivity contribution in [3.63, 3.8) is 0 Å². The van der Waals surface area contributed by atoms with Gasteiger partial charge >= 0.3 is 0 Å². The molecule has 1 aromatic carbocycles. The first-order valence-electron chi connectivity index (χ1n) is 7.19. The van der Waals surface area contributed by atoms with Gasteiger partial charge in [0.25, 0.3) is 5.91 Å². The van der Waals surface area contributed by atoms with Crippen LogP contribution in [0.5, 0.6) is 0 Å². The molecule has 0 saturated carbocycles. The van der Waals surface area contributed by atoms with Gasteiger partial charge in [0, 0.05) is 23.5 Å². The Kier molecular flexibility index (Phi) is 4.28. The van der Waals surface area contributed by atoms with Crippen LogP contribution >= 0.6 is 0 Å². The van der Waals surface area contributed by atoms with Crippen molar-refractivity contribution in [3.8, 4) is 0 Å². The van der Waals surface area contributed by atoms with E-state index in [0.29, 0.717) is 6.54 Å². The summed E-state index contributed by atoms with van der Waals surface area (Å²) in [7, 11) is 0. The van der Waals surface area contributed by atoms with Crippen LogP contribution in [0.4, 0.5) is 0 Å². The lowest BCUT2D eigenvalue weighted by molar-refractivity contribution is 0.0711. The minimum atomic E-state index is 0.0791. The molecular weight excluding hydrogens is 248 g/mol. The van der Waals surface area contributed by atoms with E-state index in [0.717, 1.165) is 35.4 Å². The summed E-state index contributed by atoms with van der Waals surface area (Å²) in [5.74, 6) is 0.117. The van der Waals surface area contributed by atoms with E-state index < -0.39 is 0 Å². The van der Waals surface area contributed by atoms with Crippen LogP contribution < -0.4 is 5.32 Å². The molecule has 3 rings (SSSR count). The normalized spacial score (nSPS) is 21.0. The second kappa shape index (κ2) is 5.95. The Hall–Kier alpha value is -2.03. The maximum atomic E-state index is 12.4. The number of carbonyl (C=O) groups excluding carboxylic acids is 1. The average molecular weight is 270 g/mol. The molecule has 3 nitrogen and oxygen atoms in total. The van der Waals surface area contributed by atoms with Crippen LogP contribution in [0.3, 0.4) is 0 Å².